The third-order valence-electron chi connectivity index (χ3n) is 6.74. The zero-order valence-corrected chi connectivity index (χ0v) is 18.3. The summed E-state index contributed by atoms with van der Waals surface area (Å²) in [5, 5.41) is 3.65. The van der Waals surface area contributed by atoms with Gasteiger partial charge >= 0.3 is 0 Å². The molecule has 3 aliphatic rings. The normalized spacial score (nSPS) is 24.2. The molecule has 1 aromatic carbocycles. The lowest BCUT2D eigenvalue weighted by molar-refractivity contribution is -0.129. The van der Waals surface area contributed by atoms with Gasteiger partial charge in [0.15, 0.2) is 0 Å². The highest BCUT2D eigenvalue weighted by Gasteiger charge is 2.37. The molecule has 2 aliphatic heterocycles. The smallest absolute Gasteiger partial charge is 0.255 e. The van der Waals surface area contributed by atoms with E-state index in [1.807, 2.05) is 17.0 Å². The zero-order valence-electron chi connectivity index (χ0n) is 17.5. The number of rotatable bonds is 6. The van der Waals surface area contributed by atoms with E-state index in [9.17, 15) is 9.59 Å². The summed E-state index contributed by atoms with van der Waals surface area (Å²) in [7, 11) is 0. The van der Waals surface area contributed by atoms with Crippen LogP contribution in [0.15, 0.2) is 24.3 Å². The number of carbonyl (C=O) groups is 2. The van der Waals surface area contributed by atoms with Gasteiger partial charge < -0.3 is 15.0 Å². The number of nitrogens with one attached hydrogen (secondary N) is 1. The minimum Gasteiger partial charge on any atom is -0.376 e. The minimum atomic E-state index is -0.105. The third kappa shape index (κ3) is 4.98. The highest BCUT2D eigenvalue weighted by Crippen LogP contribution is 2.31. The van der Waals surface area contributed by atoms with Crippen molar-refractivity contribution in [2.75, 3.05) is 39.3 Å². The van der Waals surface area contributed by atoms with Gasteiger partial charge in [-0.1, -0.05) is 36.6 Å². The topological polar surface area (TPSA) is 61.9 Å². The van der Waals surface area contributed by atoms with Crippen LogP contribution in [0.25, 0.3) is 0 Å². The first-order chi connectivity index (χ1) is 14.6. The van der Waals surface area contributed by atoms with Gasteiger partial charge in [0.2, 0.25) is 5.91 Å². The van der Waals surface area contributed by atoms with E-state index in [1.54, 1.807) is 12.1 Å². The van der Waals surface area contributed by atoms with Crippen molar-refractivity contribution in [1.29, 1.82) is 0 Å². The summed E-state index contributed by atoms with van der Waals surface area (Å²) in [5.74, 6) is 0.504. The Morgan fingerprint density at radius 1 is 1.07 bits per heavy atom. The molecular weight excluding hydrogens is 402 g/mol. The lowest BCUT2D eigenvalue weighted by atomic mass is 9.94. The molecule has 7 heteroatoms. The van der Waals surface area contributed by atoms with Crippen LogP contribution in [0.2, 0.25) is 5.02 Å². The number of amides is 2. The summed E-state index contributed by atoms with van der Waals surface area (Å²) in [6.07, 6.45) is 6.87. The number of piperazine rings is 1. The molecule has 2 saturated heterocycles. The van der Waals surface area contributed by atoms with Crippen LogP contribution in [0.4, 0.5) is 0 Å². The van der Waals surface area contributed by atoms with E-state index in [1.165, 1.54) is 12.8 Å². The molecule has 0 radical (unpaired) electrons. The number of hydrogen-bond donors (Lipinski definition) is 1. The van der Waals surface area contributed by atoms with Crippen LogP contribution in [0, 0.1) is 5.92 Å². The molecule has 2 heterocycles. The summed E-state index contributed by atoms with van der Waals surface area (Å²) in [5.41, 5.74) is 0.550. The average Bonchev–Trinajstić information content (AvgIpc) is 3.47. The van der Waals surface area contributed by atoms with Gasteiger partial charge in [0, 0.05) is 39.3 Å². The largest absolute Gasteiger partial charge is 0.376 e. The van der Waals surface area contributed by atoms with Crippen LogP contribution in [0.3, 0.4) is 0 Å². The molecule has 0 bridgehead atoms. The van der Waals surface area contributed by atoms with Gasteiger partial charge in [-0.05, 0) is 43.7 Å². The molecule has 1 saturated carbocycles. The zero-order chi connectivity index (χ0) is 20.9. The first kappa shape index (κ1) is 21.6. The molecule has 4 rings (SSSR count). The Balaban J connectivity index is 1.37. The van der Waals surface area contributed by atoms with Crippen molar-refractivity contribution in [2.24, 2.45) is 5.92 Å². The highest BCUT2D eigenvalue weighted by molar-refractivity contribution is 6.33. The van der Waals surface area contributed by atoms with Crippen LogP contribution in [-0.4, -0.2) is 73.1 Å². The molecule has 30 heavy (non-hydrogen) atoms. The summed E-state index contributed by atoms with van der Waals surface area (Å²) < 4.78 is 5.66. The lowest BCUT2D eigenvalue weighted by Gasteiger charge is -2.41. The number of hydrogen-bond acceptors (Lipinski definition) is 4. The summed E-state index contributed by atoms with van der Waals surface area (Å²) in [4.78, 5) is 30.2. The van der Waals surface area contributed by atoms with Gasteiger partial charge in [-0.2, -0.15) is 0 Å². The minimum absolute atomic E-state index is 0.0273. The second kappa shape index (κ2) is 10.1. The van der Waals surface area contributed by atoms with Crippen molar-refractivity contribution >= 4 is 23.4 Å². The summed E-state index contributed by atoms with van der Waals surface area (Å²) >= 11 is 6.21. The number of halogens is 1. The second-order valence-electron chi connectivity index (χ2n) is 8.68. The number of ether oxygens (including phenoxy) is 1. The maximum Gasteiger partial charge on any atom is 0.255 e. The number of benzene rings is 1. The summed E-state index contributed by atoms with van der Waals surface area (Å²) in [6.45, 7) is 4.06. The van der Waals surface area contributed by atoms with Crippen LogP contribution in [0.1, 0.15) is 48.9 Å². The molecule has 164 valence electrons. The first-order valence-electron chi connectivity index (χ1n) is 11.3. The predicted octanol–water partition coefficient (Wildman–Crippen LogP) is 2.95. The quantitative estimate of drug-likeness (QED) is 0.749. The maximum absolute atomic E-state index is 13.2. The van der Waals surface area contributed by atoms with E-state index in [2.05, 4.69) is 10.2 Å². The van der Waals surface area contributed by atoms with Crippen molar-refractivity contribution in [2.45, 2.75) is 50.7 Å². The molecule has 2 atom stereocenters. The number of carbonyl (C=O) groups excluding carboxylic acids is 2. The van der Waals surface area contributed by atoms with Crippen molar-refractivity contribution in [3.05, 3.63) is 34.9 Å². The fourth-order valence-corrected chi connectivity index (χ4v) is 5.30. The molecule has 0 unspecified atom stereocenters. The van der Waals surface area contributed by atoms with E-state index >= 15 is 0 Å². The van der Waals surface area contributed by atoms with Crippen molar-refractivity contribution < 1.29 is 14.3 Å². The molecule has 2 amide bonds. The van der Waals surface area contributed by atoms with Gasteiger partial charge in [-0.15, -0.1) is 0 Å². The Morgan fingerprint density at radius 3 is 2.47 bits per heavy atom. The van der Waals surface area contributed by atoms with E-state index in [4.69, 9.17) is 16.3 Å². The molecule has 1 N–H and O–H groups in total. The van der Waals surface area contributed by atoms with E-state index in [0.29, 0.717) is 49.2 Å². The SMILES string of the molecule is O=C(NC[C@H]1CCCO1)[C@@H](C1CCCC1)N1CCN(C(=O)c2ccccc2Cl)CC1. The molecule has 1 aliphatic carbocycles. The molecule has 0 spiro atoms. The van der Waals surface area contributed by atoms with E-state index < -0.39 is 0 Å². The van der Waals surface area contributed by atoms with Gasteiger partial charge in [0.1, 0.15) is 0 Å². The van der Waals surface area contributed by atoms with E-state index in [0.717, 1.165) is 32.3 Å². The van der Waals surface area contributed by atoms with Crippen molar-refractivity contribution in [3.63, 3.8) is 0 Å². The summed E-state index contributed by atoms with van der Waals surface area (Å²) in [6, 6.07) is 7.09. The van der Waals surface area contributed by atoms with Gasteiger partial charge in [-0.25, -0.2) is 0 Å². The molecule has 0 aromatic heterocycles. The second-order valence-corrected chi connectivity index (χ2v) is 9.08. The van der Waals surface area contributed by atoms with Crippen LogP contribution in [0.5, 0.6) is 0 Å². The van der Waals surface area contributed by atoms with Crippen LogP contribution in [-0.2, 0) is 9.53 Å². The first-order valence-corrected chi connectivity index (χ1v) is 11.7. The predicted molar refractivity (Wildman–Crippen MR) is 117 cm³/mol. The molecular formula is C23H32ClN3O3. The van der Waals surface area contributed by atoms with Crippen molar-refractivity contribution in [1.82, 2.24) is 15.1 Å². The Labute approximate surface area is 183 Å². The van der Waals surface area contributed by atoms with Gasteiger partial charge in [0.25, 0.3) is 5.91 Å². The highest BCUT2D eigenvalue weighted by atomic mass is 35.5. The van der Waals surface area contributed by atoms with Gasteiger partial charge in [0.05, 0.1) is 22.7 Å². The fourth-order valence-electron chi connectivity index (χ4n) is 5.08. The fraction of sp³-hybridized carbons (Fsp3) is 0.652. The third-order valence-corrected chi connectivity index (χ3v) is 7.07. The van der Waals surface area contributed by atoms with Gasteiger partial charge in [-0.3, -0.25) is 14.5 Å². The Bertz CT molecular complexity index is 739. The van der Waals surface area contributed by atoms with Crippen LogP contribution >= 0.6 is 11.6 Å². The monoisotopic (exact) mass is 433 g/mol. The molecule has 3 fully saturated rings. The van der Waals surface area contributed by atoms with Crippen LogP contribution < -0.4 is 5.32 Å². The maximum atomic E-state index is 13.2. The Hall–Kier alpha value is -1.63. The standard InChI is InChI=1S/C23H32ClN3O3/c24-20-10-4-3-9-19(20)23(29)27-13-11-26(12-14-27)21(17-6-1-2-7-17)22(28)25-16-18-8-5-15-30-18/h3-4,9-10,17-18,21H,1-2,5-8,11-16H2,(H,25,28)/t18-,21-/m1/s1. The Morgan fingerprint density at radius 2 is 1.80 bits per heavy atom. The number of nitrogens with zero attached hydrogens (tertiary/aromatic N) is 2. The van der Waals surface area contributed by atoms with Crippen molar-refractivity contribution in [3.8, 4) is 0 Å². The average molecular weight is 434 g/mol. The molecule has 6 nitrogen and oxygen atoms in total. The lowest BCUT2D eigenvalue weighted by Crippen LogP contribution is -2.58. The van der Waals surface area contributed by atoms with E-state index in [-0.39, 0.29) is 24.0 Å². The Kier molecular flexibility index (Phi) is 7.28. The molecule has 1 aromatic rings.